The fourth-order valence-corrected chi connectivity index (χ4v) is 6.04. The van der Waals surface area contributed by atoms with Gasteiger partial charge >= 0.3 is 0 Å². The lowest BCUT2D eigenvalue weighted by atomic mass is 9.65. The van der Waals surface area contributed by atoms with E-state index >= 15 is 0 Å². The molecule has 2 aliphatic carbocycles. The Morgan fingerprint density at radius 2 is 2.08 bits per heavy atom. The van der Waals surface area contributed by atoms with Crippen molar-refractivity contribution in [1.29, 1.82) is 0 Å². The summed E-state index contributed by atoms with van der Waals surface area (Å²) in [7, 11) is 1.94. The number of carbonyl (C=O) groups excluding carboxylic acids is 1. The lowest BCUT2D eigenvalue weighted by molar-refractivity contribution is 0.0226. The first-order valence-corrected chi connectivity index (χ1v) is 13.8. The summed E-state index contributed by atoms with van der Waals surface area (Å²) < 4.78 is 25.2. The van der Waals surface area contributed by atoms with Crippen molar-refractivity contribution in [2.24, 2.45) is 5.41 Å². The van der Waals surface area contributed by atoms with Gasteiger partial charge in [-0.3, -0.25) is 14.5 Å². The van der Waals surface area contributed by atoms with Crippen molar-refractivity contribution in [3.63, 3.8) is 0 Å². The molecule has 3 aromatic heterocycles. The molecule has 1 fully saturated rings. The number of pyridine rings is 1. The number of nitrogens with zero attached hydrogens (tertiary/aromatic N) is 7. The highest BCUT2D eigenvalue weighted by Crippen LogP contribution is 2.47. The minimum atomic E-state index is -0.789. The normalized spacial score (nSPS) is 20.6. The van der Waals surface area contributed by atoms with Crippen LogP contribution in [-0.4, -0.2) is 59.9 Å². The highest BCUT2D eigenvalue weighted by atomic mass is 32.2. The van der Waals surface area contributed by atoms with Crippen LogP contribution in [0.1, 0.15) is 47.9 Å². The summed E-state index contributed by atoms with van der Waals surface area (Å²) in [5.74, 6) is 0.561. The summed E-state index contributed by atoms with van der Waals surface area (Å²) in [6, 6.07) is 5.45. The fraction of sp³-hybridized carbons (Fsp3) is 0.357. The van der Waals surface area contributed by atoms with Gasteiger partial charge in [0.05, 0.1) is 29.7 Å². The number of Topliss-reactive ketones (excluding diaryl/α,β-unsaturated/α-hetero) is 1. The Morgan fingerprint density at radius 3 is 2.80 bits per heavy atom. The summed E-state index contributed by atoms with van der Waals surface area (Å²) in [4.78, 5) is 18.6. The lowest BCUT2D eigenvalue weighted by Crippen LogP contribution is -2.54. The molecule has 0 saturated carbocycles. The molecule has 3 aromatic rings. The summed E-state index contributed by atoms with van der Waals surface area (Å²) in [6.45, 7) is 4.00. The van der Waals surface area contributed by atoms with Crippen molar-refractivity contribution in [2.75, 3.05) is 20.1 Å². The van der Waals surface area contributed by atoms with E-state index in [2.05, 4.69) is 26.3 Å². The van der Waals surface area contributed by atoms with Crippen LogP contribution in [0.3, 0.4) is 0 Å². The number of rotatable bonds is 8. The zero-order valence-electron chi connectivity index (χ0n) is 22.5. The number of aromatic nitrogens is 5. The molecular formula is C28H32FN7O2S2. The number of hydrazine groups is 1. The van der Waals surface area contributed by atoms with E-state index in [0.717, 1.165) is 35.6 Å². The van der Waals surface area contributed by atoms with Crippen LogP contribution in [0.5, 0.6) is 5.75 Å². The summed E-state index contributed by atoms with van der Waals surface area (Å²) in [5.41, 5.74) is 3.67. The molecule has 0 N–H and O–H groups in total. The van der Waals surface area contributed by atoms with Crippen molar-refractivity contribution < 1.29 is 13.4 Å². The third-order valence-corrected chi connectivity index (χ3v) is 8.36. The van der Waals surface area contributed by atoms with E-state index in [4.69, 9.17) is 4.18 Å². The Bertz CT molecular complexity index is 1480. The first-order chi connectivity index (χ1) is 19.0. The van der Waals surface area contributed by atoms with Gasteiger partial charge in [-0.1, -0.05) is 11.6 Å². The van der Waals surface area contributed by atoms with Gasteiger partial charge in [0.25, 0.3) is 0 Å². The molecule has 6 rings (SSSR count). The largest absolute Gasteiger partial charge is 0.405 e. The van der Waals surface area contributed by atoms with Crippen LogP contribution >= 0.6 is 25.7 Å². The molecule has 1 atom stereocenters. The van der Waals surface area contributed by atoms with Gasteiger partial charge in [-0.15, -0.1) is 0 Å². The molecule has 9 nitrogen and oxygen atoms in total. The minimum absolute atomic E-state index is 0. The van der Waals surface area contributed by atoms with E-state index in [9.17, 15) is 9.18 Å². The Hall–Kier alpha value is -3.19. The van der Waals surface area contributed by atoms with Gasteiger partial charge in [0.1, 0.15) is 11.5 Å². The zero-order valence-corrected chi connectivity index (χ0v) is 24.3. The third-order valence-electron chi connectivity index (χ3n) is 7.65. The molecule has 1 aliphatic heterocycles. The minimum Gasteiger partial charge on any atom is -0.405 e. The maximum Gasteiger partial charge on any atom is 0.193 e. The third kappa shape index (κ3) is 5.28. The average Bonchev–Trinajstić information content (AvgIpc) is 3.61. The number of aryl methyl sites for hydroxylation is 1. The number of hydrogen-bond donors (Lipinski definition) is 0. The van der Waals surface area contributed by atoms with Crippen molar-refractivity contribution in [2.45, 2.75) is 39.2 Å². The van der Waals surface area contributed by atoms with Crippen molar-refractivity contribution in [1.82, 2.24) is 34.0 Å². The summed E-state index contributed by atoms with van der Waals surface area (Å²) in [5, 5.41) is 11.1. The predicted molar refractivity (Wildman–Crippen MR) is 158 cm³/mol. The lowest BCUT2D eigenvalue weighted by Gasteiger charge is -2.47. The Kier molecular flexibility index (Phi) is 8.31. The summed E-state index contributed by atoms with van der Waals surface area (Å²) in [6.07, 6.45) is 14.7. The summed E-state index contributed by atoms with van der Waals surface area (Å²) >= 11 is 1.21. The molecule has 4 heterocycles. The molecule has 1 unspecified atom stereocenters. The van der Waals surface area contributed by atoms with E-state index < -0.39 is 5.41 Å². The van der Waals surface area contributed by atoms with Crippen molar-refractivity contribution in [3.8, 4) is 5.75 Å². The first kappa shape index (κ1) is 28.3. The van der Waals surface area contributed by atoms with Crippen molar-refractivity contribution in [3.05, 3.63) is 83.5 Å². The molecule has 12 heteroatoms. The quantitative estimate of drug-likeness (QED) is 0.207. The van der Waals surface area contributed by atoms with E-state index in [1.54, 1.807) is 24.5 Å². The van der Waals surface area contributed by atoms with Gasteiger partial charge in [-0.2, -0.15) is 28.1 Å². The number of carbonyl (C=O) groups is 1. The van der Waals surface area contributed by atoms with Gasteiger partial charge in [-0.05, 0) is 62.1 Å². The van der Waals surface area contributed by atoms with Gasteiger partial charge < -0.3 is 4.18 Å². The molecule has 0 amide bonds. The molecule has 210 valence electrons. The van der Waals surface area contributed by atoms with Crippen molar-refractivity contribution >= 4 is 43.3 Å². The number of halogens is 1. The van der Waals surface area contributed by atoms with Gasteiger partial charge in [0, 0.05) is 45.0 Å². The molecule has 0 radical (unpaired) electrons. The van der Waals surface area contributed by atoms with Crippen LogP contribution in [0.15, 0.2) is 66.5 Å². The first-order valence-electron chi connectivity index (χ1n) is 13.1. The van der Waals surface area contributed by atoms with E-state index in [0.29, 0.717) is 43.7 Å². The van der Waals surface area contributed by atoms with Crippen LogP contribution < -0.4 is 4.18 Å². The second-order valence-corrected chi connectivity index (χ2v) is 10.8. The standard InChI is InChI=1S/C28H30FN7O2S.H2S/c1-3-34-18-24(17-31-34)38-39-33(2)35-13-11-21-14-26-20(16-32-36(26)23-9-7-22(29)8-10-23)15-28(21,19-35)27(37)25-6-4-5-12-30-25;/h4-7,9,12,14,16-18H,3,8,10-11,13,15,19H2,1-2H3;1H2. The maximum absolute atomic E-state index is 14.2. The van der Waals surface area contributed by atoms with Crippen LogP contribution in [-0.2, 0) is 13.0 Å². The average molecular weight is 582 g/mol. The molecule has 0 spiro atoms. The predicted octanol–water partition coefficient (Wildman–Crippen LogP) is 5.10. The van der Waals surface area contributed by atoms with Gasteiger partial charge in [0.15, 0.2) is 23.8 Å². The van der Waals surface area contributed by atoms with E-state index in [1.807, 2.05) is 52.3 Å². The number of piperidine rings is 1. The Morgan fingerprint density at radius 1 is 1.20 bits per heavy atom. The maximum atomic E-state index is 14.2. The molecule has 40 heavy (non-hydrogen) atoms. The highest BCUT2D eigenvalue weighted by Gasteiger charge is 2.50. The second kappa shape index (κ2) is 11.7. The van der Waals surface area contributed by atoms with Crippen LogP contribution in [0, 0.1) is 5.41 Å². The van der Waals surface area contributed by atoms with Crippen LogP contribution in [0.25, 0.3) is 11.8 Å². The van der Waals surface area contributed by atoms with Crippen LogP contribution in [0.2, 0.25) is 0 Å². The fourth-order valence-electron chi connectivity index (χ4n) is 5.52. The second-order valence-electron chi connectivity index (χ2n) is 10.0. The Balaban J connectivity index is 0.00000323. The highest BCUT2D eigenvalue weighted by molar-refractivity contribution is 7.92. The van der Waals surface area contributed by atoms with E-state index in [-0.39, 0.29) is 25.1 Å². The number of ketones is 1. The van der Waals surface area contributed by atoms with Gasteiger partial charge in [0.2, 0.25) is 0 Å². The molecule has 0 aromatic carbocycles. The molecule has 0 bridgehead atoms. The SMILES string of the molecule is CCn1cc(OSN(C)N2CCC3=Cc4c(cnn4C4=CC=C(F)CC4)CC3(C(=O)c3ccccn3)C2)cn1.S. The topological polar surface area (TPSA) is 81.3 Å². The number of allylic oxidation sites excluding steroid dienone is 4. The Labute approximate surface area is 244 Å². The van der Waals surface area contributed by atoms with E-state index in [1.165, 1.54) is 18.3 Å². The smallest absolute Gasteiger partial charge is 0.193 e. The van der Waals surface area contributed by atoms with Crippen LogP contribution in [0.4, 0.5) is 4.39 Å². The number of hydrogen-bond acceptors (Lipinski definition) is 8. The zero-order chi connectivity index (χ0) is 27.0. The molecular weight excluding hydrogens is 549 g/mol. The molecule has 3 aliphatic rings. The molecule has 1 saturated heterocycles. The monoisotopic (exact) mass is 581 g/mol. The number of fused-ring (bicyclic) bond motifs is 2. The van der Waals surface area contributed by atoms with Gasteiger partial charge in [-0.25, -0.2) is 14.1 Å².